The first-order valence-electron chi connectivity index (χ1n) is 8.07. The molecule has 0 radical (unpaired) electrons. The summed E-state index contributed by atoms with van der Waals surface area (Å²) in [7, 11) is -3.64. The third kappa shape index (κ3) is 4.42. The smallest absolute Gasteiger partial charge is 0.240 e. The minimum absolute atomic E-state index is 0.0621. The van der Waals surface area contributed by atoms with Crippen LogP contribution in [0.1, 0.15) is 24.8 Å². The van der Waals surface area contributed by atoms with Gasteiger partial charge < -0.3 is 5.32 Å². The molecule has 5 nitrogen and oxygen atoms in total. The lowest BCUT2D eigenvalue weighted by Crippen LogP contribution is -2.27. The molecule has 132 valence electrons. The predicted octanol–water partition coefficient (Wildman–Crippen LogP) is 3.20. The second-order valence-corrected chi connectivity index (χ2v) is 8.87. The van der Waals surface area contributed by atoms with E-state index >= 15 is 0 Å². The Morgan fingerprint density at radius 2 is 1.96 bits per heavy atom. The summed E-state index contributed by atoms with van der Waals surface area (Å²) in [6.45, 7) is 2.29. The minimum atomic E-state index is -3.64. The fourth-order valence-corrected chi connectivity index (χ4v) is 4.68. The Hall–Kier alpha value is -1.83. The molecule has 2 aromatic rings. The summed E-state index contributed by atoms with van der Waals surface area (Å²) in [6.07, 6.45) is 0.425. The third-order valence-corrected chi connectivity index (χ3v) is 6.57. The number of thioether (sulfide) groups is 1. The van der Waals surface area contributed by atoms with Gasteiger partial charge in [0, 0.05) is 23.6 Å². The van der Waals surface area contributed by atoms with Gasteiger partial charge in [0.05, 0.1) is 10.6 Å². The zero-order valence-electron chi connectivity index (χ0n) is 13.9. The Labute approximate surface area is 152 Å². The van der Waals surface area contributed by atoms with Crippen molar-refractivity contribution in [1.29, 1.82) is 0 Å². The van der Waals surface area contributed by atoms with E-state index in [4.69, 9.17) is 0 Å². The largest absolute Gasteiger partial charge is 0.325 e. The van der Waals surface area contributed by atoms with Gasteiger partial charge in [-0.15, -0.1) is 11.8 Å². The number of hydrogen-bond donors (Lipinski definition) is 2. The first kappa shape index (κ1) is 18.0. The van der Waals surface area contributed by atoms with Gasteiger partial charge in [0.2, 0.25) is 15.9 Å². The van der Waals surface area contributed by atoms with Crippen molar-refractivity contribution in [3.63, 3.8) is 0 Å². The lowest BCUT2D eigenvalue weighted by Gasteiger charge is -2.14. The molecule has 2 aromatic carbocycles. The molecule has 3 rings (SSSR count). The number of amides is 1. The minimum Gasteiger partial charge on any atom is -0.325 e. The number of hydrogen-bond acceptors (Lipinski definition) is 4. The van der Waals surface area contributed by atoms with Crippen molar-refractivity contribution in [2.75, 3.05) is 17.6 Å². The molecule has 1 heterocycles. The Kier molecular flexibility index (Phi) is 5.46. The van der Waals surface area contributed by atoms with Crippen LogP contribution >= 0.6 is 11.8 Å². The average Bonchev–Trinajstić information content (AvgIpc) is 2.80. The van der Waals surface area contributed by atoms with Crippen LogP contribution in [0.15, 0.2) is 58.3 Å². The van der Waals surface area contributed by atoms with Gasteiger partial charge in [-0.3, -0.25) is 4.79 Å². The molecule has 0 saturated carbocycles. The molecule has 25 heavy (non-hydrogen) atoms. The van der Waals surface area contributed by atoms with Gasteiger partial charge in [-0.1, -0.05) is 37.3 Å². The van der Waals surface area contributed by atoms with Gasteiger partial charge in [-0.25, -0.2) is 13.1 Å². The van der Waals surface area contributed by atoms with Crippen molar-refractivity contribution in [2.45, 2.75) is 29.1 Å². The van der Waals surface area contributed by atoms with E-state index in [1.54, 1.807) is 23.9 Å². The lowest BCUT2D eigenvalue weighted by molar-refractivity contribution is -0.115. The Morgan fingerprint density at radius 1 is 1.20 bits per heavy atom. The molecular weight excluding hydrogens is 356 g/mol. The summed E-state index contributed by atoms with van der Waals surface area (Å²) in [5.74, 6) is 0.663. The molecule has 0 spiro atoms. The summed E-state index contributed by atoms with van der Waals surface area (Å²) in [4.78, 5) is 12.7. The van der Waals surface area contributed by atoms with Crippen LogP contribution in [0.25, 0.3) is 0 Å². The van der Waals surface area contributed by atoms with E-state index in [0.29, 0.717) is 24.4 Å². The van der Waals surface area contributed by atoms with Crippen molar-refractivity contribution in [3.8, 4) is 0 Å². The molecule has 0 aliphatic carbocycles. The Morgan fingerprint density at radius 3 is 2.72 bits per heavy atom. The van der Waals surface area contributed by atoms with E-state index in [1.807, 2.05) is 37.3 Å². The normalized spacial score (nSPS) is 15.8. The summed E-state index contributed by atoms with van der Waals surface area (Å²) >= 11 is 1.55. The summed E-state index contributed by atoms with van der Waals surface area (Å²) < 4.78 is 27.8. The summed E-state index contributed by atoms with van der Waals surface area (Å²) in [5, 5.41) is 2.77. The molecule has 0 fully saturated rings. The maximum atomic E-state index is 12.6. The SMILES string of the molecule is C[C@@H](CNS(=O)(=O)c1ccc2c(c1)NC(=O)CCS2)c1ccccc1. The Balaban J connectivity index is 1.75. The van der Waals surface area contributed by atoms with Gasteiger partial charge in [-0.2, -0.15) is 0 Å². The van der Waals surface area contributed by atoms with Gasteiger partial charge in [0.25, 0.3) is 0 Å². The van der Waals surface area contributed by atoms with Gasteiger partial charge in [0.1, 0.15) is 0 Å². The molecule has 2 N–H and O–H groups in total. The van der Waals surface area contributed by atoms with Crippen molar-refractivity contribution in [1.82, 2.24) is 4.72 Å². The van der Waals surface area contributed by atoms with Crippen LogP contribution in [0.3, 0.4) is 0 Å². The number of fused-ring (bicyclic) bond motifs is 1. The highest BCUT2D eigenvalue weighted by Crippen LogP contribution is 2.32. The number of carbonyl (C=O) groups is 1. The highest BCUT2D eigenvalue weighted by Gasteiger charge is 2.20. The molecule has 1 atom stereocenters. The summed E-state index contributed by atoms with van der Waals surface area (Å²) in [6, 6.07) is 14.6. The highest BCUT2D eigenvalue weighted by atomic mass is 32.2. The predicted molar refractivity (Wildman–Crippen MR) is 100 cm³/mol. The lowest BCUT2D eigenvalue weighted by atomic mass is 10.0. The second kappa shape index (κ2) is 7.59. The number of sulfonamides is 1. The zero-order chi connectivity index (χ0) is 17.9. The van der Waals surface area contributed by atoms with E-state index in [2.05, 4.69) is 10.0 Å². The van der Waals surface area contributed by atoms with Crippen LogP contribution < -0.4 is 10.0 Å². The van der Waals surface area contributed by atoms with E-state index < -0.39 is 10.0 Å². The van der Waals surface area contributed by atoms with E-state index in [-0.39, 0.29) is 16.7 Å². The number of anilines is 1. The maximum absolute atomic E-state index is 12.6. The molecule has 7 heteroatoms. The molecule has 1 amide bonds. The van der Waals surface area contributed by atoms with Gasteiger partial charge >= 0.3 is 0 Å². The first-order chi connectivity index (χ1) is 12.0. The molecule has 1 aliphatic heterocycles. The van der Waals surface area contributed by atoms with Gasteiger partial charge in [0.15, 0.2) is 0 Å². The van der Waals surface area contributed by atoms with Crippen molar-refractivity contribution >= 4 is 33.4 Å². The molecule has 1 aliphatic rings. The number of nitrogens with one attached hydrogen (secondary N) is 2. The highest BCUT2D eigenvalue weighted by molar-refractivity contribution is 7.99. The fourth-order valence-electron chi connectivity index (χ4n) is 2.58. The van der Waals surface area contributed by atoms with Crippen LogP contribution in [-0.2, 0) is 14.8 Å². The first-order valence-corrected chi connectivity index (χ1v) is 10.5. The van der Waals surface area contributed by atoms with Crippen LogP contribution in [0, 0.1) is 0 Å². The van der Waals surface area contributed by atoms with Gasteiger partial charge in [-0.05, 0) is 29.7 Å². The van der Waals surface area contributed by atoms with E-state index in [9.17, 15) is 13.2 Å². The number of rotatable bonds is 5. The quantitative estimate of drug-likeness (QED) is 0.840. The number of carbonyl (C=O) groups excluding carboxylic acids is 1. The fraction of sp³-hybridized carbons (Fsp3) is 0.278. The van der Waals surface area contributed by atoms with E-state index in [0.717, 1.165) is 10.5 Å². The Bertz CT molecular complexity index is 867. The van der Waals surface area contributed by atoms with Crippen LogP contribution in [0.4, 0.5) is 5.69 Å². The van der Waals surface area contributed by atoms with Crippen molar-refractivity contribution < 1.29 is 13.2 Å². The molecular formula is C18H20N2O3S2. The molecule has 0 saturated heterocycles. The average molecular weight is 377 g/mol. The number of benzene rings is 2. The molecule has 0 aromatic heterocycles. The monoisotopic (exact) mass is 376 g/mol. The maximum Gasteiger partial charge on any atom is 0.240 e. The van der Waals surface area contributed by atoms with Crippen LogP contribution in [0.2, 0.25) is 0 Å². The molecule has 0 unspecified atom stereocenters. The second-order valence-electron chi connectivity index (χ2n) is 5.97. The van der Waals surface area contributed by atoms with E-state index in [1.165, 1.54) is 6.07 Å². The zero-order valence-corrected chi connectivity index (χ0v) is 15.5. The van der Waals surface area contributed by atoms with Crippen LogP contribution in [0.5, 0.6) is 0 Å². The van der Waals surface area contributed by atoms with Crippen molar-refractivity contribution in [2.24, 2.45) is 0 Å². The summed E-state index contributed by atoms with van der Waals surface area (Å²) in [5.41, 5.74) is 1.64. The molecule has 0 bridgehead atoms. The van der Waals surface area contributed by atoms with Crippen LogP contribution in [-0.4, -0.2) is 26.6 Å². The standard InChI is InChI=1S/C18H20N2O3S2/c1-13(14-5-3-2-4-6-14)12-19-25(22,23)15-7-8-17-16(11-15)20-18(21)9-10-24-17/h2-8,11,13,19H,9-10,12H2,1H3,(H,20,21)/t13-/m0/s1. The topological polar surface area (TPSA) is 75.3 Å². The third-order valence-electron chi connectivity index (χ3n) is 4.07. The van der Waals surface area contributed by atoms with Crippen molar-refractivity contribution in [3.05, 3.63) is 54.1 Å².